The number of thiazole rings is 1. The quantitative estimate of drug-likeness (QED) is 0.802. The Morgan fingerprint density at radius 2 is 2.15 bits per heavy atom. The van der Waals surface area contributed by atoms with Gasteiger partial charge in [0.1, 0.15) is 5.60 Å². The molecule has 0 amide bonds. The van der Waals surface area contributed by atoms with Gasteiger partial charge in [-0.3, -0.25) is 4.79 Å². The number of hydrogen-bond donors (Lipinski definition) is 0. The summed E-state index contributed by atoms with van der Waals surface area (Å²) in [5.41, 5.74) is -1.08. The average molecular weight is 309 g/mol. The lowest BCUT2D eigenvalue weighted by atomic mass is 9.88. The Morgan fingerprint density at radius 3 is 2.65 bits per heavy atom. The molecule has 20 heavy (non-hydrogen) atoms. The summed E-state index contributed by atoms with van der Waals surface area (Å²) in [6.07, 6.45) is -2.86. The Balaban J connectivity index is 2.25. The summed E-state index contributed by atoms with van der Waals surface area (Å²) in [6, 6.07) is 0. The number of ketones is 1. The molecule has 2 heterocycles. The Bertz CT molecular complexity index is 475. The van der Waals surface area contributed by atoms with E-state index in [0.29, 0.717) is 44.0 Å². The largest absolute Gasteiger partial charge is 0.443 e. The van der Waals surface area contributed by atoms with Crippen LogP contribution in [0.1, 0.15) is 34.4 Å². The van der Waals surface area contributed by atoms with Crippen LogP contribution in [0.15, 0.2) is 6.20 Å². The zero-order valence-electron chi connectivity index (χ0n) is 10.8. The molecule has 1 aliphatic rings. The van der Waals surface area contributed by atoms with Crippen molar-refractivity contribution in [3.63, 3.8) is 0 Å². The minimum Gasteiger partial charge on any atom is -0.381 e. The number of hydrogen-bond acceptors (Lipinski definition) is 5. The van der Waals surface area contributed by atoms with Crippen LogP contribution in [0.3, 0.4) is 0 Å². The molecule has 1 fully saturated rings. The number of halogens is 3. The van der Waals surface area contributed by atoms with Gasteiger partial charge in [0.15, 0.2) is 5.01 Å². The summed E-state index contributed by atoms with van der Waals surface area (Å²) in [4.78, 5) is 15.7. The third-order valence-electron chi connectivity index (χ3n) is 3.11. The Morgan fingerprint density at radius 1 is 1.50 bits per heavy atom. The zero-order chi connectivity index (χ0) is 14.8. The number of ether oxygens (including phenoxy) is 2. The molecule has 0 N–H and O–H groups in total. The molecule has 0 aromatic carbocycles. The maximum atomic E-state index is 12.5. The molecule has 112 valence electrons. The van der Waals surface area contributed by atoms with Gasteiger partial charge < -0.3 is 9.47 Å². The first-order valence-corrected chi connectivity index (χ1v) is 7.00. The Kier molecular flexibility index (Phi) is 4.46. The van der Waals surface area contributed by atoms with Crippen molar-refractivity contribution in [2.45, 2.75) is 31.5 Å². The number of aromatic nitrogens is 1. The molecular weight excluding hydrogens is 295 g/mol. The highest BCUT2D eigenvalue weighted by atomic mass is 32.1. The molecule has 2 rings (SSSR count). The van der Waals surface area contributed by atoms with E-state index in [1.54, 1.807) is 6.92 Å². The van der Waals surface area contributed by atoms with Crippen molar-refractivity contribution in [3.05, 3.63) is 16.1 Å². The van der Waals surface area contributed by atoms with Crippen LogP contribution in [-0.2, 0) is 15.7 Å². The smallest absolute Gasteiger partial charge is 0.381 e. The SMILES string of the molecule is CCOC1(C(=O)c2cnc(C(F)(F)F)s2)CCOCC1. The summed E-state index contributed by atoms with van der Waals surface area (Å²) in [6.45, 7) is 2.78. The molecule has 1 aromatic rings. The fourth-order valence-electron chi connectivity index (χ4n) is 2.15. The van der Waals surface area contributed by atoms with Gasteiger partial charge in [0, 0.05) is 38.9 Å². The van der Waals surface area contributed by atoms with E-state index in [9.17, 15) is 18.0 Å². The number of rotatable bonds is 4. The summed E-state index contributed by atoms with van der Waals surface area (Å²) < 4.78 is 48.3. The number of carbonyl (C=O) groups is 1. The fraction of sp³-hybridized carbons (Fsp3) is 0.667. The lowest BCUT2D eigenvalue weighted by Gasteiger charge is -2.34. The van der Waals surface area contributed by atoms with Crippen molar-refractivity contribution < 1.29 is 27.4 Å². The molecule has 4 nitrogen and oxygen atoms in total. The zero-order valence-corrected chi connectivity index (χ0v) is 11.6. The van der Waals surface area contributed by atoms with E-state index in [4.69, 9.17) is 9.47 Å². The van der Waals surface area contributed by atoms with Crippen LogP contribution in [0.5, 0.6) is 0 Å². The minimum absolute atomic E-state index is 0.0207. The third-order valence-corrected chi connectivity index (χ3v) is 4.15. The first kappa shape index (κ1) is 15.4. The second kappa shape index (κ2) is 5.79. The first-order valence-electron chi connectivity index (χ1n) is 6.18. The average Bonchev–Trinajstić information content (AvgIpc) is 2.88. The van der Waals surface area contributed by atoms with E-state index in [0.717, 1.165) is 6.20 Å². The van der Waals surface area contributed by atoms with Crippen molar-refractivity contribution in [2.24, 2.45) is 0 Å². The molecule has 8 heteroatoms. The summed E-state index contributed by atoms with van der Waals surface area (Å²) >= 11 is 0.360. The van der Waals surface area contributed by atoms with Crippen LogP contribution >= 0.6 is 11.3 Å². The van der Waals surface area contributed by atoms with Crippen LogP contribution in [0.4, 0.5) is 13.2 Å². The summed E-state index contributed by atoms with van der Waals surface area (Å²) in [7, 11) is 0. The van der Waals surface area contributed by atoms with Crippen LogP contribution in [-0.4, -0.2) is 36.2 Å². The maximum absolute atomic E-state index is 12.5. The predicted octanol–water partition coefficient (Wildman–Crippen LogP) is 2.93. The molecule has 0 aliphatic carbocycles. The van der Waals surface area contributed by atoms with Gasteiger partial charge in [-0.15, -0.1) is 11.3 Å². The molecule has 1 aliphatic heterocycles. The van der Waals surface area contributed by atoms with E-state index in [1.165, 1.54) is 0 Å². The molecule has 0 atom stereocenters. The van der Waals surface area contributed by atoms with E-state index >= 15 is 0 Å². The molecule has 1 aromatic heterocycles. The monoisotopic (exact) mass is 309 g/mol. The lowest BCUT2D eigenvalue weighted by Crippen LogP contribution is -2.46. The van der Waals surface area contributed by atoms with Crippen LogP contribution < -0.4 is 0 Å². The highest BCUT2D eigenvalue weighted by molar-refractivity contribution is 7.13. The molecule has 0 spiro atoms. The number of carbonyl (C=O) groups excluding carboxylic acids is 1. The Hall–Kier alpha value is -0.990. The van der Waals surface area contributed by atoms with E-state index in [2.05, 4.69) is 4.98 Å². The molecule has 0 unspecified atom stereocenters. The Labute approximate surface area is 117 Å². The molecule has 1 saturated heterocycles. The van der Waals surface area contributed by atoms with Crippen molar-refractivity contribution in [1.29, 1.82) is 0 Å². The fourth-order valence-corrected chi connectivity index (χ4v) is 2.96. The van der Waals surface area contributed by atoms with Gasteiger partial charge in [-0.2, -0.15) is 13.2 Å². The van der Waals surface area contributed by atoms with Gasteiger partial charge in [-0.1, -0.05) is 0 Å². The number of nitrogens with zero attached hydrogens (tertiary/aromatic N) is 1. The molecule has 0 bridgehead atoms. The molecule has 0 saturated carbocycles. The highest BCUT2D eigenvalue weighted by Gasteiger charge is 2.43. The lowest BCUT2D eigenvalue weighted by molar-refractivity contribution is -0.137. The number of Topliss-reactive ketones (excluding diaryl/α,β-unsaturated/α-hetero) is 1. The van der Waals surface area contributed by atoms with Crippen molar-refractivity contribution in [1.82, 2.24) is 4.98 Å². The van der Waals surface area contributed by atoms with Crippen molar-refractivity contribution >= 4 is 17.1 Å². The van der Waals surface area contributed by atoms with Crippen molar-refractivity contribution in [3.8, 4) is 0 Å². The third kappa shape index (κ3) is 3.02. The van der Waals surface area contributed by atoms with Crippen LogP contribution in [0, 0.1) is 0 Å². The summed E-state index contributed by atoms with van der Waals surface area (Å²) in [5, 5.41) is -1.01. The first-order chi connectivity index (χ1) is 9.39. The van der Waals surface area contributed by atoms with E-state index in [1.807, 2.05) is 0 Å². The standard InChI is InChI=1S/C12H14F3NO3S/c1-2-19-11(3-5-18-6-4-11)9(17)8-7-16-10(20-8)12(13,14)15/h7H,2-6H2,1H3. The van der Waals surface area contributed by atoms with E-state index in [-0.39, 0.29) is 4.88 Å². The minimum atomic E-state index is -4.53. The van der Waals surface area contributed by atoms with Gasteiger partial charge in [0.2, 0.25) is 5.78 Å². The van der Waals surface area contributed by atoms with Crippen molar-refractivity contribution in [2.75, 3.05) is 19.8 Å². The van der Waals surface area contributed by atoms with Gasteiger partial charge in [-0.25, -0.2) is 4.98 Å². The van der Waals surface area contributed by atoms with Gasteiger partial charge in [0.25, 0.3) is 0 Å². The van der Waals surface area contributed by atoms with Gasteiger partial charge in [-0.05, 0) is 6.92 Å². The summed E-state index contributed by atoms with van der Waals surface area (Å²) in [5.74, 6) is -0.435. The van der Waals surface area contributed by atoms with Crippen LogP contribution in [0.25, 0.3) is 0 Å². The van der Waals surface area contributed by atoms with Crippen LogP contribution in [0.2, 0.25) is 0 Å². The second-order valence-electron chi connectivity index (χ2n) is 4.40. The highest BCUT2D eigenvalue weighted by Crippen LogP contribution is 2.36. The van der Waals surface area contributed by atoms with Gasteiger partial charge >= 0.3 is 6.18 Å². The normalized spacial score (nSPS) is 19.0. The molecule has 0 radical (unpaired) electrons. The second-order valence-corrected chi connectivity index (χ2v) is 5.43. The van der Waals surface area contributed by atoms with E-state index < -0.39 is 22.6 Å². The topological polar surface area (TPSA) is 48.4 Å². The maximum Gasteiger partial charge on any atom is 0.443 e. The molecular formula is C12H14F3NO3S. The van der Waals surface area contributed by atoms with Gasteiger partial charge in [0.05, 0.1) is 4.88 Å². The number of alkyl halides is 3. The predicted molar refractivity (Wildman–Crippen MR) is 65.9 cm³/mol.